The highest BCUT2D eigenvalue weighted by atomic mass is 32.1. The molecule has 0 aliphatic rings. The zero-order valence-corrected chi connectivity index (χ0v) is 9.04. The fourth-order valence-electron chi connectivity index (χ4n) is 1.53. The van der Waals surface area contributed by atoms with Gasteiger partial charge < -0.3 is 11.5 Å². The molecule has 2 rings (SSSR count). The summed E-state index contributed by atoms with van der Waals surface area (Å²) in [7, 11) is 0. The molecule has 2 aromatic carbocycles. The van der Waals surface area contributed by atoms with Gasteiger partial charge in [-0.2, -0.15) is 0 Å². The minimum absolute atomic E-state index is 0.589. The van der Waals surface area contributed by atoms with Crippen LogP contribution in [0.25, 0.3) is 11.1 Å². The van der Waals surface area contributed by atoms with Gasteiger partial charge in [-0.15, -0.1) is 12.6 Å². The molecule has 0 atom stereocenters. The van der Waals surface area contributed by atoms with Crippen LogP contribution in [0.1, 0.15) is 0 Å². The van der Waals surface area contributed by atoms with Gasteiger partial charge in [0.15, 0.2) is 0 Å². The van der Waals surface area contributed by atoms with Gasteiger partial charge in [0, 0.05) is 10.5 Å². The molecule has 0 aliphatic carbocycles. The molecule has 0 spiro atoms. The van der Waals surface area contributed by atoms with Gasteiger partial charge in [-0.25, -0.2) is 0 Å². The summed E-state index contributed by atoms with van der Waals surface area (Å²) in [6.07, 6.45) is 0. The van der Waals surface area contributed by atoms with E-state index in [1.807, 2.05) is 36.4 Å². The molecule has 0 unspecified atom stereocenters. The third-order valence-electron chi connectivity index (χ3n) is 2.32. The van der Waals surface area contributed by atoms with Gasteiger partial charge in [-0.3, -0.25) is 0 Å². The van der Waals surface area contributed by atoms with Gasteiger partial charge in [-0.1, -0.05) is 30.3 Å². The Morgan fingerprint density at radius 3 is 2.20 bits per heavy atom. The highest BCUT2D eigenvalue weighted by Crippen LogP contribution is 2.35. The second-order valence-electron chi connectivity index (χ2n) is 3.33. The minimum atomic E-state index is 0.589. The van der Waals surface area contributed by atoms with E-state index in [1.54, 1.807) is 6.07 Å². The zero-order chi connectivity index (χ0) is 10.8. The average molecular weight is 216 g/mol. The van der Waals surface area contributed by atoms with Crippen LogP contribution in [-0.4, -0.2) is 0 Å². The van der Waals surface area contributed by atoms with Gasteiger partial charge in [0.25, 0.3) is 0 Å². The van der Waals surface area contributed by atoms with Gasteiger partial charge in [0.05, 0.1) is 11.4 Å². The van der Waals surface area contributed by atoms with Crippen LogP contribution in [0.2, 0.25) is 0 Å². The first-order valence-corrected chi connectivity index (χ1v) is 5.07. The van der Waals surface area contributed by atoms with Crippen molar-refractivity contribution in [1.29, 1.82) is 0 Å². The quantitative estimate of drug-likeness (QED) is 0.507. The van der Waals surface area contributed by atoms with E-state index < -0.39 is 0 Å². The summed E-state index contributed by atoms with van der Waals surface area (Å²) in [5.74, 6) is 0. The van der Waals surface area contributed by atoms with Crippen LogP contribution < -0.4 is 11.5 Å². The SMILES string of the molecule is Nc1ccc(S)c(-c2ccccc2)c1N. The molecule has 76 valence electrons. The Hall–Kier alpha value is -1.61. The van der Waals surface area contributed by atoms with Crippen LogP contribution in [0.15, 0.2) is 47.4 Å². The summed E-state index contributed by atoms with van der Waals surface area (Å²) in [6.45, 7) is 0. The molecule has 0 amide bonds. The molecule has 0 aromatic heterocycles. The second kappa shape index (κ2) is 3.87. The molecule has 0 fully saturated rings. The molecule has 15 heavy (non-hydrogen) atoms. The standard InChI is InChI=1S/C12H12N2S/c13-9-6-7-10(15)11(12(9)14)8-4-2-1-3-5-8/h1-7,15H,13-14H2. The molecule has 0 bridgehead atoms. The van der Waals surface area contributed by atoms with Gasteiger partial charge >= 0.3 is 0 Å². The first kappa shape index (κ1) is 9.93. The lowest BCUT2D eigenvalue weighted by Crippen LogP contribution is -1.97. The van der Waals surface area contributed by atoms with Crippen molar-refractivity contribution >= 4 is 24.0 Å². The fraction of sp³-hybridized carbons (Fsp3) is 0. The zero-order valence-electron chi connectivity index (χ0n) is 8.14. The van der Waals surface area contributed by atoms with Crippen molar-refractivity contribution in [2.45, 2.75) is 4.90 Å². The fourth-order valence-corrected chi connectivity index (χ4v) is 1.86. The smallest absolute Gasteiger partial charge is 0.0638 e. The third kappa shape index (κ3) is 1.78. The lowest BCUT2D eigenvalue weighted by molar-refractivity contribution is 1.46. The number of hydrogen-bond acceptors (Lipinski definition) is 3. The molecular formula is C12H12N2S. The highest BCUT2D eigenvalue weighted by Gasteiger charge is 2.08. The molecule has 0 saturated carbocycles. The Bertz CT molecular complexity index is 480. The van der Waals surface area contributed by atoms with Crippen molar-refractivity contribution < 1.29 is 0 Å². The Labute approximate surface area is 94.3 Å². The topological polar surface area (TPSA) is 52.0 Å². The predicted octanol–water partition coefficient (Wildman–Crippen LogP) is 2.81. The van der Waals surface area contributed by atoms with E-state index in [9.17, 15) is 0 Å². The monoisotopic (exact) mass is 216 g/mol. The molecule has 4 N–H and O–H groups in total. The molecule has 3 heteroatoms. The van der Waals surface area contributed by atoms with Crippen LogP contribution in [0.4, 0.5) is 11.4 Å². The molecule has 2 nitrogen and oxygen atoms in total. The van der Waals surface area contributed by atoms with Gasteiger partial charge in [0.1, 0.15) is 0 Å². The minimum Gasteiger partial charge on any atom is -0.397 e. The summed E-state index contributed by atoms with van der Waals surface area (Å²) in [4.78, 5) is 0.841. The van der Waals surface area contributed by atoms with E-state index in [4.69, 9.17) is 11.5 Å². The van der Waals surface area contributed by atoms with Crippen LogP contribution in [0, 0.1) is 0 Å². The number of nitrogen functional groups attached to an aromatic ring is 2. The maximum atomic E-state index is 5.94. The summed E-state index contributed by atoms with van der Waals surface area (Å²) in [5.41, 5.74) is 14.8. The largest absolute Gasteiger partial charge is 0.397 e. The molecule has 0 radical (unpaired) electrons. The molecular weight excluding hydrogens is 204 g/mol. The molecule has 0 aliphatic heterocycles. The van der Waals surface area contributed by atoms with Crippen molar-refractivity contribution in [3.63, 3.8) is 0 Å². The van der Waals surface area contributed by atoms with E-state index in [0.717, 1.165) is 16.0 Å². The van der Waals surface area contributed by atoms with E-state index >= 15 is 0 Å². The van der Waals surface area contributed by atoms with E-state index in [1.165, 1.54) is 0 Å². The van der Waals surface area contributed by atoms with E-state index in [-0.39, 0.29) is 0 Å². The van der Waals surface area contributed by atoms with E-state index in [2.05, 4.69) is 12.6 Å². The number of hydrogen-bond donors (Lipinski definition) is 3. The predicted molar refractivity (Wildman–Crippen MR) is 68.0 cm³/mol. The lowest BCUT2D eigenvalue weighted by atomic mass is 10.0. The number of benzene rings is 2. The van der Waals surface area contributed by atoms with Crippen LogP contribution in [0.5, 0.6) is 0 Å². The van der Waals surface area contributed by atoms with Gasteiger partial charge in [0.2, 0.25) is 0 Å². The summed E-state index contributed by atoms with van der Waals surface area (Å²) >= 11 is 4.39. The van der Waals surface area contributed by atoms with E-state index in [0.29, 0.717) is 11.4 Å². The van der Waals surface area contributed by atoms with Crippen LogP contribution >= 0.6 is 12.6 Å². The Balaban J connectivity index is 2.68. The number of nitrogens with two attached hydrogens (primary N) is 2. The van der Waals surface area contributed by atoms with Crippen molar-refractivity contribution in [3.05, 3.63) is 42.5 Å². The maximum absolute atomic E-state index is 5.94. The Morgan fingerprint density at radius 2 is 1.53 bits per heavy atom. The Kier molecular flexibility index (Phi) is 2.56. The number of thiol groups is 1. The average Bonchev–Trinajstić information content (AvgIpc) is 2.26. The molecule has 0 heterocycles. The highest BCUT2D eigenvalue weighted by molar-refractivity contribution is 7.80. The Morgan fingerprint density at radius 1 is 0.867 bits per heavy atom. The first-order valence-electron chi connectivity index (χ1n) is 4.62. The third-order valence-corrected chi connectivity index (χ3v) is 2.69. The van der Waals surface area contributed by atoms with Crippen molar-refractivity contribution in [1.82, 2.24) is 0 Å². The number of rotatable bonds is 1. The molecule has 2 aromatic rings. The van der Waals surface area contributed by atoms with Crippen molar-refractivity contribution in [2.75, 3.05) is 11.5 Å². The summed E-state index contributed by atoms with van der Waals surface area (Å²) in [5, 5.41) is 0. The van der Waals surface area contributed by atoms with Crippen molar-refractivity contribution in [2.24, 2.45) is 0 Å². The maximum Gasteiger partial charge on any atom is 0.0638 e. The lowest BCUT2D eigenvalue weighted by Gasteiger charge is -2.11. The van der Waals surface area contributed by atoms with Gasteiger partial charge in [-0.05, 0) is 17.7 Å². The van der Waals surface area contributed by atoms with Crippen molar-refractivity contribution in [3.8, 4) is 11.1 Å². The molecule has 0 saturated heterocycles. The van der Waals surface area contributed by atoms with Crippen LogP contribution in [-0.2, 0) is 0 Å². The summed E-state index contributed by atoms with van der Waals surface area (Å²) in [6, 6.07) is 13.5. The first-order chi connectivity index (χ1) is 7.20. The second-order valence-corrected chi connectivity index (χ2v) is 3.81. The normalized spacial score (nSPS) is 10.2. The number of anilines is 2. The summed E-state index contributed by atoms with van der Waals surface area (Å²) < 4.78 is 0. The van der Waals surface area contributed by atoms with Crippen LogP contribution in [0.3, 0.4) is 0 Å².